The lowest BCUT2D eigenvalue weighted by Gasteiger charge is -2.34. The quantitative estimate of drug-likeness (QED) is 0.668. The van der Waals surface area contributed by atoms with Crippen LogP contribution in [0.5, 0.6) is 0 Å². The molecular weight excluding hydrogens is 248 g/mol. The highest BCUT2D eigenvalue weighted by atomic mass is 16.5. The van der Waals surface area contributed by atoms with Crippen molar-refractivity contribution in [3.63, 3.8) is 0 Å². The third kappa shape index (κ3) is 3.31. The molecule has 0 aliphatic heterocycles. The van der Waals surface area contributed by atoms with Gasteiger partial charge in [0.25, 0.3) is 5.91 Å². The van der Waals surface area contributed by atoms with Crippen LogP contribution in [0.4, 0.5) is 0 Å². The fourth-order valence-corrected chi connectivity index (χ4v) is 2.11. The minimum Gasteiger partial charge on any atom is -0.372 e. The molecule has 1 aliphatic carbocycles. The van der Waals surface area contributed by atoms with E-state index in [-0.39, 0.29) is 24.5 Å². The molecule has 1 aromatic heterocycles. The van der Waals surface area contributed by atoms with Gasteiger partial charge in [0.1, 0.15) is 12.3 Å². The van der Waals surface area contributed by atoms with Crippen LogP contribution in [0.1, 0.15) is 41.9 Å². The number of carbonyl (C=O) groups excluding carboxylic acids is 2. The van der Waals surface area contributed by atoms with Gasteiger partial charge in [0.15, 0.2) is 0 Å². The topological polar surface area (TPSA) is 110 Å². The molecule has 1 aliphatic rings. The first kappa shape index (κ1) is 13.5. The molecule has 1 aromatic rings. The molecule has 19 heavy (non-hydrogen) atoms. The number of rotatable bonds is 6. The van der Waals surface area contributed by atoms with E-state index < -0.39 is 5.91 Å². The van der Waals surface area contributed by atoms with E-state index in [4.69, 9.17) is 10.5 Å². The van der Waals surface area contributed by atoms with Gasteiger partial charge in [-0.3, -0.25) is 14.7 Å². The molecule has 2 rings (SSSR count). The Kier molecular flexibility index (Phi) is 4.16. The minimum absolute atomic E-state index is 0.0925. The first-order valence-corrected chi connectivity index (χ1v) is 6.32. The number of H-pyrrole nitrogens is 1. The van der Waals surface area contributed by atoms with Gasteiger partial charge in [-0.25, -0.2) is 0 Å². The monoisotopic (exact) mass is 266 g/mol. The average Bonchev–Trinajstić information content (AvgIpc) is 2.79. The zero-order chi connectivity index (χ0) is 13.8. The second kappa shape index (κ2) is 5.83. The number of ether oxygens (including phenoxy) is 1. The third-order valence-electron chi connectivity index (χ3n) is 3.22. The lowest BCUT2D eigenvalue weighted by atomic mass is 9.78. The zero-order valence-electron chi connectivity index (χ0n) is 10.8. The van der Waals surface area contributed by atoms with Gasteiger partial charge in [-0.05, 0) is 25.8 Å². The van der Waals surface area contributed by atoms with Crippen LogP contribution in [0.25, 0.3) is 0 Å². The molecule has 4 N–H and O–H groups in total. The van der Waals surface area contributed by atoms with Gasteiger partial charge in [0, 0.05) is 18.6 Å². The molecule has 7 heteroatoms. The second-order valence-electron chi connectivity index (χ2n) is 4.64. The number of carbonyl (C=O) groups is 2. The Balaban J connectivity index is 1.76. The molecule has 1 heterocycles. The van der Waals surface area contributed by atoms with Crippen LogP contribution < -0.4 is 11.1 Å². The summed E-state index contributed by atoms with van der Waals surface area (Å²) in [6, 6.07) is 1.83. The normalized spacial score (nSPS) is 21.7. The number of primary amides is 1. The number of nitrogens with zero attached hydrogens (tertiary/aromatic N) is 1. The zero-order valence-corrected chi connectivity index (χ0v) is 10.8. The maximum absolute atomic E-state index is 11.4. The van der Waals surface area contributed by atoms with Crippen molar-refractivity contribution in [3.8, 4) is 0 Å². The molecule has 0 radical (unpaired) electrons. The molecule has 0 bridgehead atoms. The maximum Gasteiger partial charge on any atom is 0.266 e. The van der Waals surface area contributed by atoms with Crippen LogP contribution in [-0.4, -0.2) is 41.3 Å². The first-order chi connectivity index (χ1) is 9.10. The highest BCUT2D eigenvalue weighted by Gasteiger charge is 2.33. The summed E-state index contributed by atoms with van der Waals surface area (Å²) in [5.41, 5.74) is 6.29. The summed E-state index contributed by atoms with van der Waals surface area (Å²) < 4.78 is 5.03. The van der Waals surface area contributed by atoms with E-state index in [1.807, 2.05) is 6.92 Å². The van der Waals surface area contributed by atoms with E-state index in [1.165, 1.54) is 0 Å². The van der Waals surface area contributed by atoms with Crippen LogP contribution in [0, 0.1) is 0 Å². The van der Waals surface area contributed by atoms with Crippen molar-refractivity contribution in [1.82, 2.24) is 15.5 Å². The molecule has 0 atom stereocenters. The van der Waals surface area contributed by atoms with Gasteiger partial charge in [0.2, 0.25) is 5.91 Å². The number of aromatic nitrogens is 2. The molecule has 0 spiro atoms. The van der Waals surface area contributed by atoms with Crippen molar-refractivity contribution in [2.24, 2.45) is 5.73 Å². The summed E-state index contributed by atoms with van der Waals surface area (Å²) >= 11 is 0. The molecule has 0 aromatic carbocycles. The van der Waals surface area contributed by atoms with E-state index in [2.05, 4.69) is 15.5 Å². The Morgan fingerprint density at radius 1 is 1.58 bits per heavy atom. The minimum atomic E-state index is -0.514. The van der Waals surface area contributed by atoms with Gasteiger partial charge < -0.3 is 15.8 Å². The number of nitrogens with two attached hydrogens (primary N) is 1. The van der Waals surface area contributed by atoms with Gasteiger partial charge in [-0.2, -0.15) is 5.10 Å². The van der Waals surface area contributed by atoms with Crippen LogP contribution in [-0.2, 0) is 9.53 Å². The smallest absolute Gasteiger partial charge is 0.266 e. The van der Waals surface area contributed by atoms with Crippen molar-refractivity contribution in [1.29, 1.82) is 0 Å². The lowest BCUT2D eigenvalue weighted by Crippen LogP contribution is -2.44. The summed E-state index contributed by atoms with van der Waals surface area (Å²) in [6.45, 7) is 2.48. The van der Waals surface area contributed by atoms with Gasteiger partial charge in [0.05, 0.1) is 5.69 Å². The van der Waals surface area contributed by atoms with E-state index in [9.17, 15) is 9.59 Å². The number of aromatic amines is 1. The standard InChI is InChI=1S/C12H18N4O3/c1-2-19-6-11(17)14-8-3-7(4-8)9-5-10(12(13)18)16-15-9/h5,7-8H,2-4,6H2,1H3,(H2,13,18)(H,14,17)(H,15,16)/t7-,8+. The van der Waals surface area contributed by atoms with Crippen LogP contribution in [0.15, 0.2) is 6.07 Å². The second-order valence-corrected chi connectivity index (χ2v) is 4.64. The highest BCUT2D eigenvalue weighted by molar-refractivity contribution is 5.90. The summed E-state index contributed by atoms with van der Waals surface area (Å²) in [6.07, 6.45) is 1.64. The molecule has 1 fully saturated rings. The fourth-order valence-electron chi connectivity index (χ4n) is 2.11. The summed E-state index contributed by atoms with van der Waals surface area (Å²) in [7, 11) is 0. The number of nitrogens with one attached hydrogen (secondary N) is 2. The van der Waals surface area contributed by atoms with Crippen molar-refractivity contribution < 1.29 is 14.3 Å². The van der Waals surface area contributed by atoms with Gasteiger partial charge in [-0.1, -0.05) is 0 Å². The highest BCUT2D eigenvalue weighted by Crippen LogP contribution is 2.35. The molecule has 7 nitrogen and oxygen atoms in total. The van der Waals surface area contributed by atoms with Gasteiger partial charge >= 0.3 is 0 Å². The SMILES string of the molecule is CCOCC(=O)N[C@H]1C[C@@H](c2cc(C(N)=O)[nH]n2)C1. The Labute approximate surface area is 110 Å². The molecule has 0 saturated heterocycles. The molecule has 1 saturated carbocycles. The summed E-state index contributed by atoms with van der Waals surface area (Å²) in [4.78, 5) is 22.4. The lowest BCUT2D eigenvalue weighted by molar-refractivity contribution is -0.126. The Hall–Kier alpha value is -1.89. The average molecular weight is 266 g/mol. The fraction of sp³-hybridized carbons (Fsp3) is 0.583. The van der Waals surface area contributed by atoms with Crippen molar-refractivity contribution in [3.05, 3.63) is 17.5 Å². The Morgan fingerprint density at radius 2 is 2.32 bits per heavy atom. The third-order valence-corrected chi connectivity index (χ3v) is 3.22. The predicted molar refractivity (Wildman–Crippen MR) is 67.5 cm³/mol. The van der Waals surface area contributed by atoms with Crippen LogP contribution in [0.3, 0.4) is 0 Å². The predicted octanol–water partition coefficient (Wildman–Crippen LogP) is -0.0927. The van der Waals surface area contributed by atoms with Crippen molar-refractivity contribution in [2.45, 2.75) is 31.7 Å². The molecule has 2 amide bonds. The van der Waals surface area contributed by atoms with Crippen LogP contribution >= 0.6 is 0 Å². The molecule has 104 valence electrons. The largest absolute Gasteiger partial charge is 0.372 e. The first-order valence-electron chi connectivity index (χ1n) is 6.32. The van der Waals surface area contributed by atoms with Gasteiger partial charge in [-0.15, -0.1) is 0 Å². The molecular formula is C12H18N4O3. The van der Waals surface area contributed by atoms with E-state index in [0.29, 0.717) is 12.3 Å². The number of hydrogen-bond acceptors (Lipinski definition) is 4. The van der Waals surface area contributed by atoms with Crippen molar-refractivity contribution >= 4 is 11.8 Å². The summed E-state index contributed by atoms with van der Waals surface area (Å²) in [5.74, 6) is -0.341. The van der Waals surface area contributed by atoms with Crippen LogP contribution in [0.2, 0.25) is 0 Å². The Bertz CT molecular complexity index is 465. The van der Waals surface area contributed by atoms with Crippen molar-refractivity contribution in [2.75, 3.05) is 13.2 Å². The molecule has 0 unspecified atom stereocenters. The van der Waals surface area contributed by atoms with E-state index >= 15 is 0 Å². The maximum atomic E-state index is 11.4. The summed E-state index contributed by atoms with van der Waals surface area (Å²) in [5, 5.41) is 9.55. The van der Waals surface area contributed by atoms with E-state index in [1.54, 1.807) is 6.07 Å². The Morgan fingerprint density at radius 3 is 2.89 bits per heavy atom. The van der Waals surface area contributed by atoms with E-state index in [0.717, 1.165) is 18.5 Å². The number of amides is 2. The number of hydrogen-bond donors (Lipinski definition) is 3.